The van der Waals surface area contributed by atoms with Gasteiger partial charge >= 0.3 is 0 Å². The maximum atomic E-state index is 11.2. The van der Waals surface area contributed by atoms with Gasteiger partial charge in [-0.3, -0.25) is 4.90 Å². The van der Waals surface area contributed by atoms with Crippen LogP contribution in [0.25, 0.3) is 0 Å². The summed E-state index contributed by atoms with van der Waals surface area (Å²) < 4.78 is 12.1. The van der Waals surface area contributed by atoms with E-state index in [9.17, 15) is 5.11 Å². The van der Waals surface area contributed by atoms with Crippen LogP contribution in [-0.2, 0) is 23.4 Å². The molecule has 1 atom stereocenters. The predicted octanol–water partition coefficient (Wildman–Crippen LogP) is 5.33. The number of furan rings is 1. The summed E-state index contributed by atoms with van der Waals surface area (Å²) >= 11 is 1.85. The summed E-state index contributed by atoms with van der Waals surface area (Å²) in [5.74, 6) is 1.75. The van der Waals surface area contributed by atoms with E-state index in [-0.39, 0.29) is 11.8 Å². The van der Waals surface area contributed by atoms with Gasteiger partial charge in [-0.2, -0.15) is 0 Å². The second kappa shape index (κ2) is 9.12. The third-order valence-corrected chi connectivity index (χ3v) is 6.84. The molecule has 1 fully saturated rings. The van der Waals surface area contributed by atoms with E-state index in [1.807, 2.05) is 51.2 Å². The van der Waals surface area contributed by atoms with Crippen LogP contribution in [0.1, 0.15) is 61.8 Å². The molecule has 2 aromatic rings. The van der Waals surface area contributed by atoms with Crippen LogP contribution in [0.15, 0.2) is 28.7 Å². The molecule has 2 aromatic heterocycles. The minimum absolute atomic E-state index is 0.0867. The second-order valence-electron chi connectivity index (χ2n) is 8.72. The molecule has 0 radical (unpaired) electrons. The summed E-state index contributed by atoms with van der Waals surface area (Å²) in [5, 5.41) is 11.2. The molecule has 1 unspecified atom stereocenters. The van der Waals surface area contributed by atoms with Gasteiger partial charge in [0.2, 0.25) is 0 Å². The van der Waals surface area contributed by atoms with Crippen molar-refractivity contribution in [3.8, 4) is 0 Å². The first kappa shape index (κ1) is 21.6. The van der Waals surface area contributed by atoms with E-state index in [1.165, 1.54) is 9.75 Å². The van der Waals surface area contributed by atoms with Gasteiger partial charge in [0.25, 0.3) is 0 Å². The average Bonchev–Trinajstić information content (AvgIpc) is 3.37. The Kier molecular flexibility index (Phi) is 7.02. The molecule has 3 rings (SSSR count). The molecule has 4 nitrogen and oxygen atoms in total. The highest BCUT2D eigenvalue weighted by molar-refractivity contribution is 7.11. The number of nitrogens with zero attached hydrogens (tertiary/aromatic N) is 1. The van der Waals surface area contributed by atoms with Crippen LogP contribution < -0.4 is 0 Å². The highest BCUT2D eigenvalue weighted by Crippen LogP contribution is 2.38. The Bertz CT molecular complexity index is 735. The molecule has 3 heterocycles. The second-order valence-corrected chi connectivity index (χ2v) is 10.1. The Morgan fingerprint density at radius 1 is 1.14 bits per heavy atom. The van der Waals surface area contributed by atoms with E-state index in [4.69, 9.17) is 9.15 Å². The van der Waals surface area contributed by atoms with Crippen LogP contribution in [0.5, 0.6) is 0 Å². The number of rotatable bonds is 9. The smallest absolute Gasteiger partial charge is 0.136 e. The molecule has 1 saturated heterocycles. The molecular formula is C23H35NO3S. The summed E-state index contributed by atoms with van der Waals surface area (Å²) in [7, 11) is 0. The molecule has 0 aliphatic carbocycles. The van der Waals surface area contributed by atoms with Crippen LogP contribution in [0.4, 0.5) is 0 Å². The standard InChI is InChI=1S/C23H35NO3S/c1-16(2)23(25,17(3)4)22-11-9-20(27-22)14-24(13-19-7-6-12-26-19)15-21-10-8-18(5)28-21/h8-11,16-17,19,25H,6-7,12-15H2,1-5H3. The molecular weight excluding hydrogens is 370 g/mol. The normalized spacial score (nSPS) is 18.1. The number of hydrogen-bond acceptors (Lipinski definition) is 5. The van der Waals surface area contributed by atoms with Gasteiger partial charge in [0, 0.05) is 29.5 Å². The fourth-order valence-electron chi connectivity index (χ4n) is 4.19. The Balaban J connectivity index is 1.75. The maximum Gasteiger partial charge on any atom is 0.136 e. The highest BCUT2D eigenvalue weighted by atomic mass is 32.1. The average molecular weight is 406 g/mol. The number of ether oxygens (including phenoxy) is 1. The lowest BCUT2D eigenvalue weighted by atomic mass is 9.78. The molecule has 5 heteroatoms. The van der Waals surface area contributed by atoms with Crippen molar-refractivity contribution in [1.29, 1.82) is 0 Å². The number of aryl methyl sites for hydroxylation is 1. The molecule has 156 valence electrons. The molecule has 0 bridgehead atoms. The van der Waals surface area contributed by atoms with Gasteiger partial charge in [-0.25, -0.2) is 0 Å². The molecule has 0 aromatic carbocycles. The molecule has 1 aliphatic rings. The maximum absolute atomic E-state index is 11.2. The van der Waals surface area contributed by atoms with Gasteiger partial charge in [0.1, 0.15) is 17.1 Å². The zero-order valence-electron chi connectivity index (χ0n) is 17.9. The molecule has 1 N–H and O–H groups in total. The van der Waals surface area contributed by atoms with Crippen molar-refractivity contribution in [1.82, 2.24) is 4.90 Å². The summed E-state index contributed by atoms with van der Waals surface area (Å²) in [4.78, 5) is 5.11. The van der Waals surface area contributed by atoms with Crippen molar-refractivity contribution in [2.75, 3.05) is 13.2 Å². The molecule has 0 amide bonds. The summed E-state index contributed by atoms with van der Waals surface area (Å²) in [6.07, 6.45) is 2.58. The number of hydrogen-bond donors (Lipinski definition) is 1. The quantitative estimate of drug-likeness (QED) is 0.612. The summed E-state index contributed by atoms with van der Waals surface area (Å²) in [5.41, 5.74) is -0.942. The summed E-state index contributed by atoms with van der Waals surface area (Å²) in [6, 6.07) is 8.37. The SMILES string of the molecule is Cc1ccc(CN(Cc2ccc(C(O)(C(C)C)C(C)C)o2)CC2CCCO2)s1. The predicted molar refractivity (Wildman–Crippen MR) is 114 cm³/mol. The van der Waals surface area contributed by atoms with E-state index in [2.05, 4.69) is 24.0 Å². The number of aliphatic hydroxyl groups is 1. The first-order chi connectivity index (χ1) is 13.3. The molecule has 0 spiro atoms. The Morgan fingerprint density at radius 3 is 2.46 bits per heavy atom. The third-order valence-electron chi connectivity index (χ3n) is 5.86. The zero-order valence-corrected chi connectivity index (χ0v) is 18.7. The van der Waals surface area contributed by atoms with E-state index < -0.39 is 5.60 Å². The topological polar surface area (TPSA) is 45.8 Å². The van der Waals surface area contributed by atoms with E-state index in [0.29, 0.717) is 11.9 Å². The van der Waals surface area contributed by atoms with Crippen molar-refractivity contribution in [3.05, 3.63) is 45.5 Å². The zero-order chi connectivity index (χ0) is 20.3. The van der Waals surface area contributed by atoms with Crippen LogP contribution >= 0.6 is 11.3 Å². The van der Waals surface area contributed by atoms with Gasteiger partial charge in [0.15, 0.2) is 0 Å². The minimum Gasteiger partial charge on any atom is -0.462 e. The van der Waals surface area contributed by atoms with Gasteiger partial charge < -0.3 is 14.3 Å². The Hall–Kier alpha value is -1.14. The molecule has 0 saturated carbocycles. The van der Waals surface area contributed by atoms with Gasteiger partial charge in [-0.05, 0) is 55.9 Å². The van der Waals surface area contributed by atoms with Crippen molar-refractivity contribution in [2.24, 2.45) is 11.8 Å². The molecule has 1 aliphatic heterocycles. The van der Waals surface area contributed by atoms with E-state index >= 15 is 0 Å². The fourth-order valence-corrected chi connectivity index (χ4v) is 5.12. The van der Waals surface area contributed by atoms with Gasteiger partial charge in [-0.1, -0.05) is 27.7 Å². The van der Waals surface area contributed by atoms with Crippen LogP contribution in [0, 0.1) is 18.8 Å². The third kappa shape index (κ3) is 4.88. The minimum atomic E-state index is -0.942. The van der Waals surface area contributed by atoms with Crippen LogP contribution in [-0.4, -0.2) is 29.3 Å². The lowest BCUT2D eigenvalue weighted by Gasteiger charge is -2.34. The highest BCUT2D eigenvalue weighted by Gasteiger charge is 2.39. The van der Waals surface area contributed by atoms with Gasteiger partial charge in [-0.15, -0.1) is 11.3 Å². The fraction of sp³-hybridized carbons (Fsp3) is 0.652. The molecule has 28 heavy (non-hydrogen) atoms. The Morgan fingerprint density at radius 2 is 1.89 bits per heavy atom. The lowest BCUT2D eigenvalue weighted by Crippen LogP contribution is -2.37. The first-order valence-electron chi connectivity index (χ1n) is 10.5. The van der Waals surface area contributed by atoms with Crippen molar-refractivity contribution < 1.29 is 14.3 Å². The van der Waals surface area contributed by atoms with E-state index in [1.54, 1.807) is 0 Å². The van der Waals surface area contributed by atoms with Crippen molar-refractivity contribution >= 4 is 11.3 Å². The lowest BCUT2D eigenvalue weighted by molar-refractivity contribution is -0.0712. The summed E-state index contributed by atoms with van der Waals surface area (Å²) in [6.45, 7) is 13.7. The van der Waals surface area contributed by atoms with Crippen LogP contribution in [0.2, 0.25) is 0 Å². The number of thiophene rings is 1. The van der Waals surface area contributed by atoms with Crippen LogP contribution in [0.3, 0.4) is 0 Å². The van der Waals surface area contributed by atoms with Crippen molar-refractivity contribution in [3.63, 3.8) is 0 Å². The Labute approximate surface area is 173 Å². The monoisotopic (exact) mass is 405 g/mol. The largest absolute Gasteiger partial charge is 0.462 e. The first-order valence-corrected chi connectivity index (χ1v) is 11.3. The van der Waals surface area contributed by atoms with Crippen molar-refractivity contribution in [2.45, 2.75) is 72.3 Å². The van der Waals surface area contributed by atoms with Gasteiger partial charge in [0.05, 0.1) is 12.6 Å². The van der Waals surface area contributed by atoms with E-state index in [0.717, 1.165) is 44.8 Å².